The maximum Gasteiger partial charge on any atom is 0.332 e. The number of carbonyl (C=O) groups excluding carboxylic acids is 3. The number of amides is 4. The number of nitrogens with one attached hydrogen (secondary N) is 1. The van der Waals surface area contributed by atoms with Crippen molar-refractivity contribution in [2.75, 3.05) is 16.8 Å². The van der Waals surface area contributed by atoms with Crippen molar-refractivity contribution < 1.29 is 14.4 Å². The molecule has 1 N–H and O–H groups in total. The molecule has 0 radical (unpaired) electrons. The van der Waals surface area contributed by atoms with Gasteiger partial charge in [0.05, 0.1) is 11.7 Å². The number of thioether (sulfide) groups is 1. The van der Waals surface area contributed by atoms with E-state index >= 15 is 0 Å². The molecule has 0 saturated carbocycles. The number of hydrogen-bond donors (Lipinski definition) is 1. The van der Waals surface area contributed by atoms with Crippen LogP contribution in [0.3, 0.4) is 0 Å². The maximum atomic E-state index is 13.3. The lowest BCUT2D eigenvalue weighted by molar-refractivity contribution is -0.121. The summed E-state index contributed by atoms with van der Waals surface area (Å²) in [5.41, 5.74) is 3.16. The number of para-hydroxylation sites is 1. The third-order valence-corrected chi connectivity index (χ3v) is 6.78. The van der Waals surface area contributed by atoms with Crippen LogP contribution in [0.2, 0.25) is 5.02 Å². The van der Waals surface area contributed by atoms with Crippen molar-refractivity contribution in [2.45, 2.75) is 31.6 Å². The Hall–Kier alpha value is -2.77. The molecule has 2 heterocycles. The Morgan fingerprint density at radius 3 is 2.71 bits per heavy atom. The van der Waals surface area contributed by atoms with Gasteiger partial charge in [-0.05, 0) is 48.1 Å². The van der Waals surface area contributed by atoms with E-state index in [1.54, 1.807) is 30.3 Å². The minimum absolute atomic E-state index is 0.160. The SMILES string of the molecule is CCc1cccc(C)c1NC(=O)CN1C(=O)N(c2cccc(Cl)c2)C(=O)C2SC=CC21. The number of imide groups is 1. The van der Waals surface area contributed by atoms with Gasteiger partial charge in [0, 0.05) is 10.7 Å². The second-order valence-electron chi connectivity index (χ2n) is 7.45. The molecule has 1 saturated heterocycles. The first-order chi connectivity index (χ1) is 14.9. The molecular formula is C23H22ClN3O3S. The normalized spacial score (nSPS) is 20.2. The van der Waals surface area contributed by atoms with Crippen molar-refractivity contribution >= 4 is 52.6 Å². The number of urea groups is 1. The Balaban J connectivity index is 1.61. The molecule has 2 aliphatic rings. The molecule has 2 aliphatic heterocycles. The van der Waals surface area contributed by atoms with Crippen LogP contribution in [0, 0.1) is 6.92 Å². The molecule has 4 rings (SSSR count). The molecule has 160 valence electrons. The Morgan fingerprint density at radius 2 is 1.97 bits per heavy atom. The first-order valence-electron chi connectivity index (χ1n) is 10.0. The Morgan fingerprint density at radius 1 is 1.19 bits per heavy atom. The first kappa shape index (κ1) is 21.5. The lowest BCUT2D eigenvalue weighted by atomic mass is 10.1. The lowest BCUT2D eigenvalue weighted by Crippen LogP contribution is -2.63. The molecule has 0 spiro atoms. The molecular weight excluding hydrogens is 434 g/mol. The van der Waals surface area contributed by atoms with Gasteiger partial charge in [0.25, 0.3) is 5.91 Å². The number of benzene rings is 2. The second kappa shape index (κ2) is 8.77. The van der Waals surface area contributed by atoms with Crippen molar-refractivity contribution in [1.29, 1.82) is 0 Å². The smallest absolute Gasteiger partial charge is 0.324 e. The molecule has 2 unspecified atom stereocenters. The molecule has 0 aromatic heterocycles. The fourth-order valence-corrected chi connectivity index (χ4v) is 5.13. The number of carbonyl (C=O) groups is 3. The zero-order valence-electron chi connectivity index (χ0n) is 17.2. The number of aryl methyl sites for hydroxylation is 2. The van der Waals surface area contributed by atoms with Crippen LogP contribution in [0.15, 0.2) is 53.9 Å². The topological polar surface area (TPSA) is 69.7 Å². The average molecular weight is 456 g/mol. The van der Waals surface area contributed by atoms with E-state index in [-0.39, 0.29) is 18.4 Å². The number of hydrogen-bond acceptors (Lipinski definition) is 4. The molecule has 2 aromatic carbocycles. The van der Waals surface area contributed by atoms with Crippen molar-refractivity contribution in [2.24, 2.45) is 0 Å². The summed E-state index contributed by atoms with van der Waals surface area (Å²) in [6.07, 6.45) is 2.58. The predicted molar refractivity (Wildman–Crippen MR) is 125 cm³/mol. The zero-order valence-corrected chi connectivity index (χ0v) is 18.7. The highest BCUT2D eigenvalue weighted by Gasteiger charge is 2.48. The van der Waals surface area contributed by atoms with E-state index in [9.17, 15) is 14.4 Å². The van der Waals surface area contributed by atoms with Gasteiger partial charge in [-0.2, -0.15) is 0 Å². The predicted octanol–water partition coefficient (Wildman–Crippen LogP) is 4.62. The van der Waals surface area contributed by atoms with Gasteiger partial charge in [-0.1, -0.05) is 48.9 Å². The van der Waals surface area contributed by atoms with Crippen molar-refractivity contribution in [1.82, 2.24) is 4.90 Å². The Kier molecular flexibility index (Phi) is 6.07. The summed E-state index contributed by atoms with van der Waals surface area (Å²) in [6.45, 7) is 3.80. The number of nitrogens with zero attached hydrogens (tertiary/aromatic N) is 2. The first-order valence-corrected chi connectivity index (χ1v) is 11.3. The zero-order chi connectivity index (χ0) is 22.1. The molecule has 2 aromatic rings. The summed E-state index contributed by atoms with van der Waals surface area (Å²) in [5.74, 6) is -0.613. The van der Waals surface area contributed by atoms with Gasteiger partial charge in [0.2, 0.25) is 5.91 Å². The lowest BCUT2D eigenvalue weighted by Gasteiger charge is -2.40. The summed E-state index contributed by atoms with van der Waals surface area (Å²) < 4.78 is 0. The molecule has 6 nitrogen and oxygen atoms in total. The van der Waals surface area contributed by atoms with Crippen LogP contribution < -0.4 is 10.2 Å². The number of fused-ring (bicyclic) bond motifs is 1. The van der Waals surface area contributed by atoms with E-state index < -0.39 is 17.3 Å². The third-order valence-electron chi connectivity index (χ3n) is 5.46. The summed E-state index contributed by atoms with van der Waals surface area (Å²) in [6, 6.07) is 11.5. The van der Waals surface area contributed by atoms with Gasteiger partial charge in [0.15, 0.2) is 0 Å². The minimum Gasteiger partial charge on any atom is -0.324 e. The van der Waals surface area contributed by atoms with Crippen molar-refractivity contribution in [3.05, 3.63) is 70.1 Å². The van der Waals surface area contributed by atoms with Gasteiger partial charge in [-0.25, -0.2) is 9.69 Å². The Bertz CT molecular complexity index is 1090. The quantitative estimate of drug-likeness (QED) is 0.714. The standard InChI is InChI=1S/C23H22ClN3O3S/c1-3-15-7-4-6-14(2)20(15)25-19(28)13-26-18-10-11-31-21(18)22(29)27(23(26)30)17-9-5-8-16(24)12-17/h4-12,18,21H,3,13H2,1-2H3,(H,25,28). The summed E-state index contributed by atoms with van der Waals surface area (Å²) in [5, 5.41) is 4.71. The van der Waals surface area contributed by atoms with Crippen LogP contribution in [-0.2, 0) is 16.0 Å². The monoisotopic (exact) mass is 455 g/mol. The number of halogens is 1. The maximum absolute atomic E-state index is 13.3. The van der Waals surface area contributed by atoms with Gasteiger partial charge >= 0.3 is 6.03 Å². The van der Waals surface area contributed by atoms with Crippen LogP contribution in [0.1, 0.15) is 18.1 Å². The van der Waals surface area contributed by atoms with Crippen LogP contribution in [0.5, 0.6) is 0 Å². The van der Waals surface area contributed by atoms with E-state index in [1.165, 1.54) is 16.7 Å². The molecule has 2 atom stereocenters. The van der Waals surface area contributed by atoms with Crippen LogP contribution in [0.4, 0.5) is 16.2 Å². The van der Waals surface area contributed by atoms with Gasteiger partial charge in [-0.15, -0.1) is 11.8 Å². The highest BCUT2D eigenvalue weighted by atomic mass is 35.5. The van der Waals surface area contributed by atoms with E-state index in [0.717, 1.165) is 28.1 Å². The fourth-order valence-electron chi connectivity index (χ4n) is 3.90. The highest BCUT2D eigenvalue weighted by Crippen LogP contribution is 2.36. The molecule has 4 amide bonds. The molecule has 1 fully saturated rings. The summed E-state index contributed by atoms with van der Waals surface area (Å²) in [7, 11) is 0. The third kappa shape index (κ3) is 4.07. The second-order valence-corrected chi connectivity index (χ2v) is 8.94. The van der Waals surface area contributed by atoms with Gasteiger partial charge in [0.1, 0.15) is 11.8 Å². The molecule has 31 heavy (non-hydrogen) atoms. The average Bonchev–Trinajstić information content (AvgIpc) is 3.23. The van der Waals surface area contributed by atoms with E-state index in [0.29, 0.717) is 10.7 Å². The largest absolute Gasteiger partial charge is 0.332 e. The minimum atomic E-state index is -0.531. The Labute approximate surface area is 190 Å². The molecule has 0 aliphatic carbocycles. The number of rotatable bonds is 5. The number of anilines is 2. The van der Waals surface area contributed by atoms with Crippen LogP contribution in [-0.4, -0.2) is 40.6 Å². The molecule has 0 bridgehead atoms. The van der Waals surface area contributed by atoms with E-state index in [4.69, 9.17) is 11.6 Å². The van der Waals surface area contributed by atoms with E-state index in [2.05, 4.69) is 5.32 Å². The van der Waals surface area contributed by atoms with Crippen molar-refractivity contribution in [3.63, 3.8) is 0 Å². The summed E-state index contributed by atoms with van der Waals surface area (Å²) in [4.78, 5) is 41.9. The molecule has 8 heteroatoms. The van der Waals surface area contributed by atoms with Gasteiger partial charge < -0.3 is 10.2 Å². The van der Waals surface area contributed by atoms with Crippen LogP contribution in [0.25, 0.3) is 0 Å². The van der Waals surface area contributed by atoms with Crippen molar-refractivity contribution in [3.8, 4) is 0 Å². The fraction of sp³-hybridized carbons (Fsp3) is 0.261. The van der Waals surface area contributed by atoms with E-state index in [1.807, 2.05) is 37.5 Å². The van der Waals surface area contributed by atoms with Crippen LogP contribution >= 0.6 is 23.4 Å². The summed E-state index contributed by atoms with van der Waals surface area (Å²) >= 11 is 7.43. The highest BCUT2D eigenvalue weighted by molar-refractivity contribution is 8.03. The van der Waals surface area contributed by atoms with Gasteiger partial charge in [-0.3, -0.25) is 9.59 Å².